The Bertz CT molecular complexity index is 279. The van der Waals surface area contributed by atoms with Gasteiger partial charge in [0.1, 0.15) is 5.69 Å². The van der Waals surface area contributed by atoms with Crippen molar-refractivity contribution >= 4 is 5.97 Å². The molecule has 0 aliphatic carbocycles. The minimum Gasteiger partial charge on any atom is -0.477 e. The topological polar surface area (TPSA) is 53.4 Å². The maximum absolute atomic E-state index is 10.1. The molecule has 0 atom stereocenters. The summed E-state index contributed by atoms with van der Waals surface area (Å²) < 4.78 is 0. The molecule has 0 fully saturated rings. The lowest BCUT2D eigenvalue weighted by Crippen LogP contribution is -2.21. The SMILES string of the molecule is CCN(CC)CC.O=C(O)c1ccccn1. The van der Waals surface area contributed by atoms with Gasteiger partial charge < -0.3 is 10.0 Å². The summed E-state index contributed by atoms with van der Waals surface area (Å²) in [4.78, 5) is 16.1. The fourth-order valence-electron chi connectivity index (χ4n) is 1.16. The van der Waals surface area contributed by atoms with Crippen molar-refractivity contribution in [2.24, 2.45) is 0 Å². The van der Waals surface area contributed by atoms with E-state index in [-0.39, 0.29) is 5.69 Å². The normalized spacial score (nSPS) is 9.50. The molecule has 90 valence electrons. The molecule has 1 N–H and O–H groups in total. The van der Waals surface area contributed by atoms with E-state index in [1.165, 1.54) is 31.9 Å². The van der Waals surface area contributed by atoms with Crippen LogP contribution >= 0.6 is 0 Å². The van der Waals surface area contributed by atoms with Gasteiger partial charge in [-0.1, -0.05) is 26.8 Å². The Balaban J connectivity index is 0.000000293. The van der Waals surface area contributed by atoms with E-state index in [0.717, 1.165) is 0 Å². The monoisotopic (exact) mass is 224 g/mol. The molecule has 0 bridgehead atoms. The third kappa shape index (κ3) is 6.14. The summed E-state index contributed by atoms with van der Waals surface area (Å²) in [5.41, 5.74) is 0.0810. The number of nitrogens with zero attached hydrogens (tertiary/aromatic N) is 2. The molecule has 0 amide bonds. The number of carboxylic acid groups (broad SMARTS) is 1. The van der Waals surface area contributed by atoms with Gasteiger partial charge in [0.05, 0.1) is 0 Å². The molecule has 4 nitrogen and oxygen atoms in total. The molecule has 16 heavy (non-hydrogen) atoms. The number of carboxylic acids is 1. The number of hydrogen-bond donors (Lipinski definition) is 1. The third-order valence-electron chi connectivity index (χ3n) is 2.23. The average Bonchev–Trinajstić information content (AvgIpc) is 2.33. The molecular weight excluding hydrogens is 204 g/mol. The highest BCUT2D eigenvalue weighted by Gasteiger charge is 1.98. The van der Waals surface area contributed by atoms with Crippen molar-refractivity contribution in [1.82, 2.24) is 9.88 Å². The van der Waals surface area contributed by atoms with Gasteiger partial charge in [0.2, 0.25) is 0 Å². The molecule has 0 spiro atoms. The molecule has 0 unspecified atom stereocenters. The first-order chi connectivity index (χ1) is 7.65. The zero-order valence-corrected chi connectivity index (χ0v) is 10.2. The van der Waals surface area contributed by atoms with E-state index in [1.54, 1.807) is 12.1 Å². The molecular formula is C12H20N2O2. The summed E-state index contributed by atoms with van der Waals surface area (Å²) >= 11 is 0. The van der Waals surface area contributed by atoms with E-state index in [9.17, 15) is 4.79 Å². The maximum atomic E-state index is 10.1. The van der Waals surface area contributed by atoms with Crippen molar-refractivity contribution in [2.75, 3.05) is 19.6 Å². The number of pyridine rings is 1. The minimum absolute atomic E-state index is 0.0810. The fourth-order valence-corrected chi connectivity index (χ4v) is 1.16. The highest BCUT2D eigenvalue weighted by atomic mass is 16.4. The Morgan fingerprint density at radius 3 is 2.00 bits per heavy atom. The van der Waals surface area contributed by atoms with E-state index in [2.05, 4.69) is 30.7 Å². The van der Waals surface area contributed by atoms with Crippen LogP contribution in [0.4, 0.5) is 0 Å². The van der Waals surface area contributed by atoms with Crippen LogP contribution in [0.2, 0.25) is 0 Å². The first kappa shape index (κ1) is 14.6. The summed E-state index contributed by atoms with van der Waals surface area (Å²) in [7, 11) is 0. The van der Waals surface area contributed by atoms with E-state index in [0.29, 0.717) is 0 Å². The summed E-state index contributed by atoms with van der Waals surface area (Å²) in [5, 5.41) is 8.32. The average molecular weight is 224 g/mol. The van der Waals surface area contributed by atoms with E-state index < -0.39 is 5.97 Å². The Kier molecular flexibility index (Phi) is 8.07. The molecule has 0 radical (unpaired) electrons. The summed E-state index contributed by atoms with van der Waals surface area (Å²) in [6.45, 7) is 10.1. The number of aromatic nitrogens is 1. The van der Waals surface area contributed by atoms with Crippen LogP contribution in [0.15, 0.2) is 24.4 Å². The highest BCUT2D eigenvalue weighted by Crippen LogP contribution is 1.90. The van der Waals surface area contributed by atoms with Crippen LogP contribution in [0.3, 0.4) is 0 Å². The predicted molar refractivity (Wildman–Crippen MR) is 64.7 cm³/mol. The fraction of sp³-hybridized carbons (Fsp3) is 0.500. The quantitative estimate of drug-likeness (QED) is 0.851. The van der Waals surface area contributed by atoms with Crippen LogP contribution < -0.4 is 0 Å². The van der Waals surface area contributed by atoms with Gasteiger partial charge in [-0.25, -0.2) is 9.78 Å². The predicted octanol–water partition coefficient (Wildman–Crippen LogP) is 2.13. The first-order valence-electron chi connectivity index (χ1n) is 5.52. The van der Waals surface area contributed by atoms with Gasteiger partial charge in [-0.3, -0.25) is 0 Å². The second kappa shape index (κ2) is 8.85. The van der Waals surface area contributed by atoms with Crippen LogP contribution in [0.1, 0.15) is 31.3 Å². The lowest BCUT2D eigenvalue weighted by atomic mass is 10.4. The van der Waals surface area contributed by atoms with Crippen molar-refractivity contribution in [3.63, 3.8) is 0 Å². The Hall–Kier alpha value is -1.42. The van der Waals surface area contributed by atoms with Crippen LogP contribution in [0, 0.1) is 0 Å². The number of aromatic carboxylic acids is 1. The van der Waals surface area contributed by atoms with E-state index >= 15 is 0 Å². The van der Waals surface area contributed by atoms with Crippen LogP contribution in [0.25, 0.3) is 0 Å². The molecule has 1 aromatic heterocycles. The van der Waals surface area contributed by atoms with Gasteiger partial charge in [-0.15, -0.1) is 0 Å². The smallest absolute Gasteiger partial charge is 0.354 e. The zero-order valence-electron chi connectivity index (χ0n) is 10.2. The summed E-state index contributed by atoms with van der Waals surface area (Å²) in [6, 6.07) is 4.76. The first-order valence-corrected chi connectivity index (χ1v) is 5.52. The molecule has 0 saturated carbocycles. The Morgan fingerprint density at radius 2 is 1.81 bits per heavy atom. The molecule has 0 saturated heterocycles. The van der Waals surface area contributed by atoms with Gasteiger partial charge >= 0.3 is 5.97 Å². The Labute approximate surface area is 96.9 Å². The van der Waals surface area contributed by atoms with E-state index in [1.807, 2.05) is 0 Å². The van der Waals surface area contributed by atoms with Crippen molar-refractivity contribution < 1.29 is 9.90 Å². The van der Waals surface area contributed by atoms with Gasteiger partial charge in [0, 0.05) is 6.20 Å². The molecule has 4 heteroatoms. The van der Waals surface area contributed by atoms with Crippen molar-refractivity contribution in [3.8, 4) is 0 Å². The van der Waals surface area contributed by atoms with Crippen molar-refractivity contribution in [1.29, 1.82) is 0 Å². The zero-order chi connectivity index (χ0) is 12.4. The van der Waals surface area contributed by atoms with Gasteiger partial charge in [0.15, 0.2) is 0 Å². The Morgan fingerprint density at radius 1 is 1.25 bits per heavy atom. The molecule has 1 aromatic rings. The molecule has 1 heterocycles. The van der Waals surface area contributed by atoms with Crippen molar-refractivity contribution in [2.45, 2.75) is 20.8 Å². The lowest BCUT2D eigenvalue weighted by Gasteiger charge is -2.13. The van der Waals surface area contributed by atoms with E-state index in [4.69, 9.17) is 5.11 Å². The second-order valence-electron chi connectivity index (χ2n) is 3.14. The molecule has 0 aliphatic heterocycles. The maximum Gasteiger partial charge on any atom is 0.354 e. The third-order valence-corrected chi connectivity index (χ3v) is 2.23. The largest absolute Gasteiger partial charge is 0.477 e. The molecule has 0 aromatic carbocycles. The van der Waals surface area contributed by atoms with Crippen LogP contribution in [0.5, 0.6) is 0 Å². The summed E-state index contributed by atoms with van der Waals surface area (Å²) in [5.74, 6) is -0.990. The van der Waals surface area contributed by atoms with Gasteiger partial charge in [0.25, 0.3) is 0 Å². The van der Waals surface area contributed by atoms with Crippen LogP contribution in [-0.4, -0.2) is 40.6 Å². The van der Waals surface area contributed by atoms with Crippen molar-refractivity contribution in [3.05, 3.63) is 30.1 Å². The number of rotatable bonds is 4. The van der Waals surface area contributed by atoms with Gasteiger partial charge in [-0.05, 0) is 31.8 Å². The molecule has 1 rings (SSSR count). The van der Waals surface area contributed by atoms with Crippen LogP contribution in [-0.2, 0) is 0 Å². The number of carbonyl (C=O) groups is 1. The summed E-state index contributed by atoms with van der Waals surface area (Å²) in [6.07, 6.45) is 1.45. The molecule has 0 aliphatic rings. The standard InChI is InChI=1S/C6H5NO2.C6H15N/c8-6(9)5-3-1-2-4-7-5;1-4-7(5-2)6-3/h1-4H,(H,8,9);4-6H2,1-3H3. The van der Waals surface area contributed by atoms with Gasteiger partial charge in [-0.2, -0.15) is 0 Å². The number of hydrogen-bond acceptors (Lipinski definition) is 3. The second-order valence-corrected chi connectivity index (χ2v) is 3.14. The minimum atomic E-state index is -0.990. The highest BCUT2D eigenvalue weighted by molar-refractivity contribution is 5.85. The lowest BCUT2D eigenvalue weighted by molar-refractivity contribution is 0.0690.